The van der Waals surface area contributed by atoms with Gasteiger partial charge in [-0.3, -0.25) is 0 Å². The van der Waals surface area contributed by atoms with Crippen molar-refractivity contribution in [1.29, 1.82) is 0 Å². The summed E-state index contributed by atoms with van der Waals surface area (Å²) in [5, 5.41) is 1.02. The van der Waals surface area contributed by atoms with Crippen LogP contribution in [-0.4, -0.2) is 35.8 Å². The zero-order valence-electron chi connectivity index (χ0n) is 9.29. The number of methoxy groups -OCH3 is 1. The Morgan fingerprint density at radius 2 is 1.79 bits per heavy atom. The Morgan fingerprint density at radius 1 is 1.21 bits per heavy atom. The third kappa shape index (κ3) is 2.09. The normalized spacial score (nSPS) is 12.6. The van der Waals surface area contributed by atoms with Gasteiger partial charge in [-0.1, -0.05) is 0 Å². The molecule has 0 amide bonds. The van der Waals surface area contributed by atoms with E-state index in [9.17, 15) is 0 Å². The molecule has 14 heavy (non-hydrogen) atoms. The number of nitrogen functional groups attached to an aromatic ring is 1. The fourth-order valence-electron chi connectivity index (χ4n) is 1.29. The van der Waals surface area contributed by atoms with Gasteiger partial charge in [0.15, 0.2) is 0 Å². The molecule has 1 rings (SSSR count). The van der Waals surface area contributed by atoms with E-state index in [4.69, 9.17) is 10.5 Å². The Bertz CT molecular complexity index is 347. The van der Waals surface area contributed by atoms with Gasteiger partial charge >= 0.3 is 0 Å². The van der Waals surface area contributed by atoms with Crippen LogP contribution in [-0.2, 0) is 0 Å². The van der Waals surface area contributed by atoms with Crippen molar-refractivity contribution in [1.82, 2.24) is 9.97 Å². The molecule has 0 unspecified atom stereocenters. The first-order valence-electron chi connectivity index (χ1n) is 4.22. The maximum atomic E-state index is 5.61. The summed E-state index contributed by atoms with van der Waals surface area (Å²) in [6.07, 6.45) is 6.50. The quantitative estimate of drug-likeness (QED) is 0.758. The van der Waals surface area contributed by atoms with E-state index < -0.39 is 10.0 Å². The Hall–Kier alpha value is -0.970. The summed E-state index contributed by atoms with van der Waals surface area (Å²) in [6.45, 7) is 1.96. The van der Waals surface area contributed by atoms with Gasteiger partial charge in [-0.05, 0) is 25.7 Å². The van der Waals surface area contributed by atoms with E-state index in [0.29, 0.717) is 5.88 Å². The molecular weight excluding hydrogens is 198 g/mol. The third-order valence-electron chi connectivity index (χ3n) is 1.85. The maximum absolute atomic E-state index is 5.61. The first kappa shape index (κ1) is 11.1. The Kier molecular flexibility index (Phi) is 2.89. The molecule has 1 heterocycles. The van der Waals surface area contributed by atoms with Crippen molar-refractivity contribution in [2.45, 2.75) is 11.9 Å². The number of hydrogen-bond acceptors (Lipinski definition) is 4. The van der Waals surface area contributed by atoms with Crippen molar-refractivity contribution in [2.24, 2.45) is 0 Å². The van der Waals surface area contributed by atoms with Gasteiger partial charge in [0.1, 0.15) is 0 Å². The summed E-state index contributed by atoms with van der Waals surface area (Å²) in [6, 6.07) is 0. The molecule has 0 aliphatic carbocycles. The smallest absolute Gasteiger partial charge is 0.224 e. The number of ether oxygens (including phenoxy) is 1. The second kappa shape index (κ2) is 3.65. The molecular formula is C9H17N3OS. The number of rotatable bonds is 2. The maximum Gasteiger partial charge on any atom is 0.224 e. The van der Waals surface area contributed by atoms with Crippen LogP contribution in [0.25, 0.3) is 0 Å². The van der Waals surface area contributed by atoms with Gasteiger partial charge in [-0.15, -0.1) is 0 Å². The monoisotopic (exact) mass is 215 g/mol. The highest BCUT2D eigenvalue weighted by Gasteiger charge is 2.17. The van der Waals surface area contributed by atoms with Gasteiger partial charge in [-0.25, -0.2) is 15.0 Å². The van der Waals surface area contributed by atoms with E-state index in [1.807, 2.05) is 6.92 Å². The molecule has 1 aromatic rings. The van der Waals surface area contributed by atoms with Crippen molar-refractivity contribution in [3.05, 3.63) is 5.56 Å². The van der Waals surface area contributed by atoms with E-state index in [1.54, 1.807) is 7.11 Å². The van der Waals surface area contributed by atoms with Gasteiger partial charge < -0.3 is 10.5 Å². The van der Waals surface area contributed by atoms with E-state index in [2.05, 4.69) is 28.7 Å². The minimum absolute atomic E-state index is 0.282. The molecule has 0 fully saturated rings. The summed E-state index contributed by atoms with van der Waals surface area (Å²) in [5.41, 5.74) is 6.60. The van der Waals surface area contributed by atoms with E-state index >= 15 is 0 Å². The lowest BCUT2D eigenvalue weighted by molar-refractivity contribution is 0.392. The van der Waals surface area contributed by atoms with Crippen LogP contribution in [0.3, 0.4) is 0 Å². The molecule has 0 aliphatic heterocycles. The predicted octanol–water partition coefficient (Wildman–Crippen LogP) is 1.43. The number of nitrogens with zero attached hydrogens (tertiary/aromatic N) is 2. The van der Waals surface area contributed by atoms with Crippen LogP contribution in [0, 0.1) is 6.92 Å². The Labute approximate surface area is 86.2 Å². The van der Waals surface area contributed by atoms with Crippen LogP contribution in [0.1, 0.15) is 5.56 Å². The second-order valence-corrected chi connectivity index (χ2v) is 7.92. The summed E-state index contributed by atoms with van der Waals surface area (Å²) < 4.78 is 5.14. The lowest BCUT2D eigenvalue weighted by atomic mass is 10.4. The molecule has 0 bridgehead atoms. The number of nitrogens with two attached hydrogens (primary N) is 1. The van der Waals surface area contributed by atoms with E-state index in [1.165, 1.54) is 0 Å². The van der Waals surface area contributed by atoms with Gasteiger partial charge in [0.2, 0.25) is 11.8 Å². The summed E-state index contributed by atoms with van der Waals surface area (Å²) in [5.74, 6) is 0.861. The average Bonchev–Trinajstić information content (AvgIpc) is 2.06. The molecule has 2 N–H and O–H groups in total. The summed E-state index contributed by atoms with van der Waals surface area (Å²) in [4.78, 5) is 8.30. The molecule has 4 nitrogen and oxygen atoms in total. The highest BCUT2D eigenvalue weighted by molar-refractivity contribution is 8.32. The van der Waals surface area contributed by atoms with Gasteiger partial charge in [0, 0.05) is 5.56 Å². The number of aromatic nitrogens is 2. The van der Waals surface area contributed by atoms with Crippen molar-refractivity contribution >= 4 is 16.0 Å². The van der Waals surface area contributed by atoms with Crippen molar-refractivity contribution in [3.63, 3.8) is 0 Å². The highest BCUT2D eigenvalue weighted by Crippen LogP contribution is 2.47. The number of hydrogen-bond donors (Lipinski definition) is 1. The average molecular weight is 215 g/mol. The standard InChI is InChI=1S/C9H17N3OS/c1-6-7(13-2)11-9(10)12-8(6)14(3,4)5/h1-5H3,(H2,10,11,12). The molecule has 0 saturated heterocycles. The van der Waals surface area contributed by atoms with Crippen LogP contribution in [0.4, 0.5) is 5.95 Å². The number of anilines is 1. The lowest BCUT2D eigenvalue weighted by Crippen LogP contribution is -2.07. The lowest BCUT2D eigenvalue weighted by Gasteiger charge is -2.26. The molecule has 5 heteroatoms. The SMILES string of the molecule is COc1nc(N)nc(S(C)(C)C)c1C. The summed E-state index contributed by atoms with van der Waals surface area (Å²) in [7, 11) is 0.694. The highest BCUT2D eigenvalue weighted by atomic mass is 32.3. The molecule has 0 spiro atoms. The molecule has 0 aliphatic rings. The van der Waals surface area contributed by atoms with Gasteiger partial charge in [0.25, 0.3) is 0 Å². The third-order valence-corrected chi connectivity index (χ3v) is 3.40. The van der Waals surface area contributed by atoms with Gasteiger partial charge in [0.05, 0.1) is 12.1 Å². The Balaban J connectivity index is 3.37. The Morgan fingerprint density at radius 3 is 2.21 bits per heavy atom. The fraction of sp³-hybridized carbons (Fsp3) is 0.556. The molecule has 0 radical (unpaired) electrons. The van der Waals surface area contributed by atoms with Crippen molar-refractivity contribution in [3.8, 4) is 5.88 Å². The zero-order valence-corrected chi connectivity index (χ0v) is 10.1. The molecule has 0 aromatic carbocycles. The van der Waals surface area contributed by atoms with Gasteiger partial charge in [-0.2, -0.15) is 4.98 Å². The van der Waals surface area contributed by atoms with Crippen LogP contribution in [0.2, 0.25) is 0 Å². The minimum Gasteiger partial charge on any atom is -0.481 e. The van der Waals surface area contributed by atoms with E-state index in [0.717, 1.165) is 10.6 Å². The second-order valence-electron chi connectivity index (χ2n) is 3.86. The molecule has 0 atom stereocenters. The molecule has 1 aromatic heterocycles. The first-order valence-corrected chi connectivity index (χ1v) is 7.08. The summed E-state index contributed by atoms with van der Waals surface area (Å²) >= 11 is 0. The van der Waals surface area contributed by atoms with Crippen LogP contribution in [0.15, 0.2) is 5.03 Å². The van der Waals surface area contributed by atoms with Crippen LogP contribution in [0.5, 0.6) is 5.88 Å². The predicted molar refractivity (Wildman–Crippen MR) is 61.4 cm³/mol. The fourth-order valence-corrected chi connectivity index (χ4v) is 2.66. The van der Waals surface area contributed by atoms with Crippen molar-refractivity contribution in [2.75, 3.05) is 31.6 Å². The van der Waals surface area contributed by atoms with Crippen molar-refractivity contribution < 1.29 is 4.74 Å². The van der Waals surface area contributed by atoms with E-state index in [-0.39, 0.29) is 5.95 Å². The topological polar surface area (TPSA) is 61.0 Å². The minimum atomic E-state index is -0.900. The van der Waals surface area contributed by atoms with Crippen LogP contribution < -0.4 is 10.5 Å². The molecule has 0 saturated carbocycles. The first-order chi connectivity index (χ1) is 6.36. The molecule has 80 valence electrons. The van der Waals surface area contributed by atoms with Crippen LogP contribution >= 0.6 is 10.0 Å². The largest absolute Gasteiger partial charge is 0.481 e. The zero-order chi connectivity index (χ0) is 10.9.